The molecule has 2 heterocycles. The number of carbonyl (C=O) groups excluding carboxylic acids is 1. The SMILES string of the molecule is CN(C)S(=O)(=O)c1ccc(Cl)c(C(=O)OCc2coc(-c3cccs3)n2)c1. The van der Waals surface area contributed by atoms with Gasteiger partial charge < -0.3 is 9.15 Å². The van der Waals surface area contributed by atoms with Gasteiger partial charge in [0.25, 0.3) is 0 Å². The number of hydrogen-bond acceptors (Lipinski definition) is 7. The third-order valence-electron chi connectivity index (χ3n) is 3.57. The maximum atomic E-state index is 12.4. The highest BCUT2D eigenvalue weighted by atomic mass is 35.5. The number of oxazole rings is 1. The minimum atomic E-state index is -3.70. The van der Waals surface area contributed by atoms with Crippen molar-refractivity contribution in [2.75, 3.05) is 14.1 Å². The van der Waals surface area contributed by atoms with Crippen LogP contribution in [0.2, 0.25) is 5.02 Å². The predicted molar refractivity (Wildman–Crippen MR) is 101 cm³/mol. The van der Waals surface area contributed by atoms with Gasteiger partial charge in [-0.25, -0.2) is 22.5 Å². The molecule has 7 nitrogen and oxygen atoms in total. The molecule has 0 unspecified atom stereocenters. The maximum absolute atomic E-state index is 12.4. The van der Waals surface area contributed by atoms with Gasteiger partial charge >= 0.3 is 5.97 Å². The number of esters is 1. The number of carbonyl (C=O) groups is 1. The number of rotatable bonds is 6. The summed E-state index contributed by atoms with van der Waals surface area (Å²) in [5.74, 6) is -0.315. The van der Waals surface area contributed by atoms with Crippen LogP contribution in [0.25, 0.3) is 10.8 Å². The van der Waals surface area contributed by atoms with E-state index in [1.165, 1.54) is 49.9 Å². The molecular weight excluding hydrogens is 412 g/mol. The highest BCUT2D eigenvalue weighted by Crippen LogP contribution is 2.25. The van der Waals surface area contributed by atoms with E-state index in [1.54, 1.807) is 0 Å². The van der Waals surface area contributed by atoms with E-state index in [1.807, 2.05) is 17.5 Å². The summed E-state index contributed by atoms with van der Waals surface area (Å²) in [6, 6.07) is 7.61. The van der Waals surface area contributed by atoms with Gasteiger partial charge in [0.15, 0.2) is 0 Å². The molecule has 3 aromatic rings. The third kappa shape index (κ3) is 4.22. The Balaban J connectivity index is 1.75. The van der Waals surface area contributed by atoms with Crippen molar-refractivity contribution < 1.29 is 22.4 Å². The highest BCUT2D eigenvalue weighted by molar-refractivity contribution is 7.89. The van der Waals surface area contributed by atoms with E-state index in [0.29, 0.717) is 11.6 Å². The normalized spacial score (nSPS) is 11.7. The number of ether oxygens (including phenoxy) is 1. The van der Waals surface area contributed by atoms with Crippen molar-refractivity contribution in [2.24, 2.45) is 0 Å². The molecule has 0 bridgehead atoms. The lowest BCUT2D eigenvalue weighted by Gasteiger charge is -2.12. The van der Waals surface area contributed by atoms with Crippen molar-refractivity contribution in [3.8, 4) is 10.8 Å². The molecule has 10 heteroatoms. The van der Waals surface area contributed by atoms with Crippen LogP contribution in [0.1, 0.15) is 16.1 Å². The lowest BCUT2D eigenvalue weighted by atomic mass is 10.2. The van der Waals surface area contributed by atoms with Crippen LogP contribution >= 0.6 is 22.9 Å². The summed E-state index contributed by atoms with van der Waals surface area (Å²) < 4.78 is 36.1. The van der Waals surface area contributed by atoms with E-state index in [-0.39, 0.29) is 22.1 Å². The quantitative estimate of drug-likeness (QED) is 0.559. The van der Waals surface area contributed by atoms with Gasteiger partial charge in [0.05, 0.1) is 20.4 Å². The number of benzene rings is 1. The van der Waals surface area contributed by atoms with Crippen molar-refractivity contribution in [3.63, 3.8) is 0 Å². The number of sulfonamides is 1. The monoisotopic (exact) mass is 426 g/mol. The molecule has 0 aliphatic carbocycles. The van der Waals surface area contributed by atoms with Gasteiger partial charge in [0.2, 0.25) is 15.9 Å². The van der Waals surface area contributed by atoms with Crippen LogP contribution in [0.4, 0.5) is 0 Å². The van der Waals surface area contributed by atoms with Crippen LogP contribution in [0.5, 0.6) is 0 Å². The van der Waals surface area contributed by atoms with Crippen LogP contribution in [0, 0.1) is 0 Å². The first-order valence-corrected chi connectivity index (χ1v) is 10.4. The largest absolute Gasteiger partial charge is 0.455 e. The van der Waals surface area contributed by atoms with Crippen molar-refractivity contribution in [1.82, 2.24) is 9.29 Å². The molecule has 0 aliphatic rings. The van der Waals surface area contributed by atoms with Gasteiger partial charge in [-0.05, 0) is 29.6 Å². The summed E-state index contributed by atoms with van der Waals surface area (Å²) in [6.07, 6.45) is 1.40. The van der Waals surface area contributed by atoms with Gasteiger partial charge in [-0.15, -0.1) is 11.3 Å². The molecule has 0 atom stereocenters. The molecule has 2 aromatic heterocycles. The number of halogens is 1. The molecule has 142 valence electrons. The van der Waals surface area contributed by atoms with Crippen molar-refractivity contribution in [1.29, 1.82) is 0 Å². The van der Waals surface area contributed by atoms with Crippen LogP contribution in [0.15, 0.2) is 51.3 Å². The summed E-state index contributed by atoms with van der Waals surface area (Å²) >= 11 is 7.51. The number of nitrogens with zero attached hydrogens (tertiary/aromatic N) is 2. The molecule has 0 saturated carbocycles. The summed E-state index contributed by atoms with van der Waals surface area (Å²) in [4.78, 5) is 17.4. The van der Waals surface area contributed by atoms with E-state index in [4.69, 9.17) is 20.8 Å². The summed E-state index contributed by atoms with van der Waals surface area (Å²) in [7, 11) is -0.897. The van der Waals surface area contributed by atoms with E-state index < -0.39 is 16.0 Å². The fraction of sp³-hybridized carbons (Fsp3) is 0.176. The zero-order valence-corrected chi connectivity index (χ0v) is 16.8. The van der Waals surface area contributed by atoms with Gasteiger partial charge in [-0.2, -0.15) is 0 Å². The number of aromatic nitrogens is 1. The highest BCUT2D eigenvalue weighted by Gasteiger charge is 2.21. The van der Waals surface area contributed by atoms with Crippen molar-refractivity contribution in [3.05, 3.63) is 58.3 Å². The first-order valence-electron chi connectivity index (χ1n) is 7.66. The fourth-order valence-electron chi connectivity index (χ4n) is 2.14. The molecule has 0 amide bonds. The lowest BCUT2D eigenvalue weighted by molar-refractivity contribution is 0.0467. The smallest absolute Gasteiger partial charge is 0.340 e. The van der Waals surface area contributed by atoms with Crippen LogP contribution < -0.4 is 0 Å². The first-order chi connectivity index (χ1) is 12.8. The van der Waals surface area contributed by atoms with Crippen molar-refractivity contribution >= 4 is 38.9 Å². The van der Waals surface area contributed by atoms with E-state index >= 15 is 0 Å². The molecule has 3 rings (SSSR count). The first kappa shape index (κ1) is 19.6. The van der Waals surface area contributed by atoms with Gasteiger partial charge in [-0.1, -0.05) is 17.7 Å². The van der Waals surface area contributed by atoms with Crippen LogP contribution in [-0.4, -0.2) is 37.8 Å². The Morgan fingerprint density at radius 3 is 2.78 bits per heavy atom. The second-order valence-electron chi connectivity index (χ2n) is 5.63. The van der Waals surface area contributed by atoms with E-state index in [2.05, 4.69) is 4.98 Å². The van der Waals surface area contributed by atoms with Gasteiger partial charge in [0.1, 0.15) is 18.6 Å². The third-order valence-corrected chi connectivity index (χ3v) is 6.57. The van der Waals surface area contributed by atoms with Crippen LogP contribution in [-0.2, 0) is 21.4 Å². The molecule has 0 aliphatic heterocycles. The molecular formula is C17H15ClN2O5S2. The minimum absolute atomic E-state index is 0.0402. The van der Waals surface area contributed by atoms with Gasteiger partial charge in [-0.3, -0.25) is 0 Å². The standard InChI is InChI=1S/C17H15ClN2O5S2/c1-20(2)27(22,23)12-5-6-14(18)13(8-12)17(21)25-10-11-9-24-16(19-11)15-4-3-7-26-15/h3-9H,10H2,1-2H3. The molecule has 0 fully saturated rings. The zero-order valence-electron chi connectivity index (χ0n) is 14.4. The second-order valence-corrected chi connectivity index (χ2v) is 9.13. The number of thiophene rings is 1. The topological polar surface area (TPSA) is 89.7 Å². The zero-order chi connectivity index (χ0) is 19.6. The summed E-state index contributed by atoms with van der Waals surface area (Å²) in [5.41, 5.74) is 0.390. The molecule has 0 radical (unpaired) electrons. The Morgan fingerprint density at radius 2 is 2.11 bits per heavy atom. The Morgan fingerprint density at radius 1 is 1.33 bits per heavy atom. The number of hydrogen-bond donors (Lipinski definition) is 0. The Bertz CT molecular complexity index is 1060. The summed E-state index contributed by atoms with van der Waals surface area (Å²) in [5, 5.41) is 1.99. The summed E-state index contributed by atoms with van der Waals surface area (Å²) in [6.45, 7) is -0.130. The Labute approximate surface area is 165 Å². The molecule has 0 spiro atoms. The fourth-order valence-corrected chi connectivity index (χ4v) is 3.91. The van der Waals surface area contributed by atoms with E-state index in [9.17, 15) is 13.2 Å². The molecule has 0 N–H and O–H groups in total. The maximum Gasteiger partial charge on any atom is 0.340 e. The second kappa shape index (κ2) is 7.81. The Hall–Kier alpha value is -2.20. The Kier molecular flexibility index (Phi) is 5.66. The molecule has 1 aromatic carbocycles. The van der Waals surface area contributed by atoms with Crippen molar-refractivity contribution in [2.45, 2.75) is 11.5 Å². The lowest BCUT2D eigenvalue weighted by Crippen LogP contribution is -2.22. The van der Waals surface area contributed by atoms with Crippen LogP contribution in [0.3, 0.4) is 0 Å². The average Bonchev–Trinajstić information content (AvgIpc) is 3.31. The van der Waals surface area contributed by atoms with E-state index in [0.717, 1.165) is 9.18 Å². The predicted octanol–water partition coefficient (Wildman–Crippen LogP) is 3.66. The molecule has 0 saturated heterocycles. The van der Waals surface area contributed by atoms with Gasteiger partial charge in [0, 0.05) is 14.1 Å². The molecule has 27 heavy (non-hydrogen) atoms. The minimum Gasteiger partial charge on any atom is -0.455 e. The average molecular weight is 427 g/mol.